The van der Waals surface area contributed by atoms with E-state index in [1.165, 1.54) is 18.2 Å². The van der Waals surface area contributed by atoms with Gasteiger partial charge in [-0.05, 0) is 31.9 Å². The van der Waals surface area contributed by atoms with Crippen LogP contribution >= 0.6 is 0 Å². The number of benzene rings is 1. The summed E-state index contributed by atoms with van der Waals surface area (Å²) in [7, 11) is 0. The molecule has 0 bridgehead atoms. The van der Waals surface area contributed by atoms with Crippen molar-refractivity contribution in [1.82, 2.24) is 5.32 Å². The van der Waals surface area contributed by atoms with Crippen molar-refractivity contribution >= 4 is 0 Å². The molecule has 17 heavy (non-hydrogen) atoms. The van der Waals surface area contributed by atoms with E-state index in [-0.39, 0.29) is 23.6 Å². The van der Waals surface area contributed by atoms with Gasteiger partial charge in [0.05, 0.1) is 0 Å². The SMILES string of the molecule is CC(NCC1(CO)CC1)c1c(F)cccc1F. The lowest BCUT2D eigenvalue weighted by molar-refractivity contribution is 0.204. The standard InChI is InChI=1S/C13H17F2NO/c1-9(16-7-13(8-17)5-6-13)12-10(14)3-2-4-11(12)15/h2-4,9,16-17H,5-8H2,1H3. The fourth-order valence-corrected chi connectivity index (χ4v) is 1.96. The number of rotatable bonds is 5. The van der Waals surface area contributed by atoms with Crippen molar-refractivity contribution in [1.29, 1.82) is 0 Å². The summed E-state index contributed by atoms with van der Waals surface area (Å²) in [5.41, 5.74) is 0.0111. The lowest BCUT2D eigenvalue weighted by Gasteiger charge is -2.19. The summed E-state index contributed by atoms with van der Waals surface area (Å²) in [6, 6.07) is 3.49. The van der Waals surface area contributed by atoms with Crippen LogP contribution in [0, 0.1) is 17.0 Å². The minimum atomic E-state index is -0.529. The molecule has 1 atom stereocenters. The summed E-state index contributed by atoms with van der Waals surface area (Å²) in [5.74, 6) is -1.06. The van der Waals surface area contributed by atoms with E-state index in [9.17, 15) is 8.78 Å². The third-order valence-corrected chi connectivity index (χ3v) is 3.51. The zero-order chi connectivity index (χ0) is 12.5. The molecular formula is C13H17F2NO. The van der Waals surface area contributed by atoms with Crippen molar-refractivity contribution in [3.05, 3.63) is 35.4 Å². The van der Waals surface area contributed by atoms with Crippen LogP contribution in [0.15, 0.2) is 18.2 Å². The molecule has 1 aliphatic rings. The number of aliphatic hydroxyl groups excluding tert-OH is 1. The van der Waals surface area contributed by atoms with Crippen LogP contribution in [0.25, 0.3) is 0 Å². The van der Waals surface area contributed by atoms with Crippen LogP contribution in [0.4, 0.5) is 8.78 Å². The van der Waals surface area contributed by atoms with Crippen molar-refractivity contribution < 1.29 is 13.9 Å². The van der Waals surface area contributed by atoms with E-state index in [4.69, 9.17) is 5.11 Å². The third-order valence-electron chi connectivity index (χ3n) is 3.51. The molecule has 2 N–H and O–H groups in total. The zero-order valence-electron chi connectivity index (χ0n) is 9.84. The summed E-state index contributed by atoms with van der Waals surface area (Å²) in [6.07, 6.45) is 1.95. The van der Waals surface area contributed by atoms with E-state index in [1.54, 1.807) is 6.92 Å². The molecule has 1 aromatic rings. The molecule has 0 amide bonds. The largest absolute Gasteiger partial charge is 0.396 e. The summed E-state index contributed by atoms with van der Waals surface area (Å²) in [4.78, 5) is 0. The van der Waals surface area contributed by atoms with Crippen LogP contribution in [0.5, 0.6) is 0 Å². The average Bonchev–Trinajstić information content (AvgIpc) is 3.07. The van der Waals surface area contributed by atoms with E-state index in [0.717, 1.165) is 12.8 Å². The molecule has 2 rings (SSSR count). The Morgan fingerprint density at radius 2 is 1.94 bits per heavy atom. The van der Waals surface area contributed by atoms with Crippen LogP contribution in [-0.4, -0.2) is 18.3 Å². The summed E-state index contributed by atoms with van der Waals surface area (Å²) < 4.78 is 27.0. The lowest BCUT2D eigenvalue weighted by Crippen LogP contribution is -2.29. The highest BCUT2D eigenvalue weighted by Gasteiger charge is 2.41. The van der Waals surface area contributed by atoms with Gasteiger partial charge in [-0.15, -0.1) is 0 Å². The Morgan fingerprint density at radius 3 is 2.41 bits per heavy atom. The van der Waals surface area contributed by atoms with Gasteiger partial charge in [-0.25, -0.2) is 8.78 Å². The predicted octanol–water partition coefficient (Wildman–Crippen LogP) is 2.39. The molecule has 0 radical (unpaired) electrons. The molecule has 1 saturated carbocycles. The number of halogens is 2. The maximum atomic E-state index is 13.5. The van der Waals surface area contributed by atoms with E-state index in [1.807, 2.05) is 0 Å². The van der Waals surface area contributed by atoms with Crippen molar-refractivity contribution in [2.24, 2.45) is 5.41 Å². The maximum absolute atomic E-state index is 13.5. The third kappa shape index (κ3) is 2.64. The Labute approximate surface area is 99.7 Å². The number of nitrogens with one attached hydrogen (secondary N) is 1. The molecule has 0 heterocycles. The smallest absolute Gasteiger partial charge is 0.130 e. The fraction of sp³-hybridized carbons (Fsp3) is 0.538. The van der Waals surface area contributed by atoms with Gasteiger partial charge in [0.25, 0.3) is 0 Å². The number of hydrogen-bond donors (Lipinski definition) is 2. The van der Waals surface area contributed by atoms with Gasteiger partial charge < -0.3 is 10.4 Å². The number of hydrogen-bond acceptors (Lipinski definition) is 2. The first kappa shape index (κ1) is 12.5. The second-order valence-corrected chi connectivity index (χ2v) is 4.90. The van der Waals surface area contributed by atoms with Crippen molar-refractivity contribution in [3.63, 3.8) is 0 Å². The van der Waals surface area contributed by atoms with Gasteiger partial charge in [0, 0.05) is 30.2 Å². The minimum Gasteiger partial charge on any atom is -0.396 e. The minimum absolute atomic E-state index is 0.0595. The quantitative estimate of drug-likeness (QED) is 0.829. The van der Waals surface area contributed by atoms with E-state index >= 15 is 0 Å². The van der Waals surface area contributed by atoms with Gasteiger partial charge in [-0.3, -0.25) is 0 Å². The molecule has 0 saturated heterocycles. The molecule has 1 aliphatic carbocycles. The molecule has 1 aromatic carbocycles. The van der Waals surface area contributed by atoms with Crippen LogP contribution in [0.1, 0.15) is 31.4 Å². The first-order chi connectivity index (χ1) is 8.08. The van der Waals surface area contributed by atoms with Crippen molar-refractivity contribution in [2.75, 3.05) is 13.2 Å². The molecule has 0 aromatic heterocycles. The molecular weight excluding hydrogens is 224 g/mol. The van der Waals surface area contributed by atoms with Gasteiger partial charge in [0.15, 0.2) is 0 Å². The second-order valence-electron chi connectivity index (χ2n) is 4.90. The predicted molar refractivity (Wildman–Crippen MR) is 61.5 cm³/mol. The maximum Gasteiger partial charge on any atom is 0.130 e. The first-order valence-electron chi connectivity index (χ1n) is 5.86. The summed E-state index contributed by atoms with van der Waals surface area (Å²) >= 11 is 0. The zero-order valence-corrected chi connectivity index (χ0v) is 9.84. The molecule has 94 valence electrons. The highest BCUT2D eigenvalue weighted by atomic mass is 19.1. The van der Waals surface area contributed by atoms with Gasteiger partial charge in [-0.2, -0.15) is 0 Å². The molecule has 0 spiro atoms. The average molecular weight is 241 g/mol. The summed E-state index contributed by atoms with van der Waals surface area (Å²) in [5, 5.41) is 12.3. The first-order valence-corrected chi connectivity index (χ1v) is 5.86. The highest BCUT2D eigenvalue weighted by molar-refractivity contribution is 5.22. The normalized spacial score (nSPS) is 19.1. The van der Waals surface area contributed by atoms with Crippen LogP contribution < -0.4 is 5.32 Å². The second kappa shape index (κ2) is 4.70. The molecule has 2 nitrogen and oxygen atoms in total. The van der Waals surface area contributed by atoms with Gasteiger partial charge in [0.1, 0.15) is 11.6 Å². The highest BCUT2D eigenvalue weighted by Crippen LogP contribution is 2.44. The Balaban J connectivity index is 2.02. The summed E-state index contributed by atoms with van der Waals surface area (Å²) in [6.45, 7) is 2.46. The Kier molecular flexibility index (Phi) is 3.45. The van der Waals surface area contributed by atoms with E-state index in [2.05, 4.69) is 5.32 Å². The lowest BCUT2D eigenvalue weighted by atomic mass is 10.0. The monoisotopic (exact) mass is 241 g/mol. The molecule has 1 fully saturated rings. The Hall–Kier alpha value is -1.00. The van der Waals surface area contributed by atoms with Gasteiger partial charge in [-0.1, -0.05) is 6.07 Å². The van der Waals surface area contributed by atoms with Crippen LogP contribution in [0.3, 0.4) is 0 Å². The Morgan fingerprint density at radius 1 is 1.35 bits per heavy atom. The van der Waals surface area contributed by atoms with Gasteiger partial charge >= 0.3 is 0 Å². The topological polar surface area (TPSA) is 32.3 Å². The molecule has 0 aliphatic heterocycles. The van der Waals surface area contributed by atoms with Crippen molar-refractivity contribution in [3.8, 4) is 0 Å². The van der Waals surface area contributed by atoms with Crippen LogP contribution in [-0.2, 0) is 0 Å². The van der Waals surface area contributed by atoms with E-state index < -0.39 is 11.6 Å². The fourth-order valence-electron chi connectivity index (χ4n) is 1.96. The molecule has 4 heteroatoms. The molecule has 1 unspecified atom stereocenters. The van der Waals surface area contributed by atoms with Crippen LogP contribution in [0.2, 0.25) is 0 Å². The Bertz CT molecular complexity index is 384. The number of aliphatic hydroxyl groups is 1. The van der Waals surface area contributed by atoms with Gasteiger partial charge in [0.2, 0.25) is 0 Å². The van der Waals surface area contributed by atoms with E-state index in [0.29, 0.717) is 6.54 Å². The van der Waals surface area contributed by atoms with Crippen molar-refractivity contribution in [2.45, 2.75) is 25.8 Å².